The predicted molar refractivity (Wildman–Crippen MR) is 41.6 cm³/mol. The molecular formula is C4H7Cl2IN2S. The minimum absolute atomic E-state index is 0.466. The van der Waals surface area contributed by atoms with Crippen LogP contribution in [0, 0.1) is 0 Å². The van der Waals surface area contributed by atoms with Crippen LogP contribution in [-0.2, 0) is 7.05 Å². The molecule has 0 saturated carbocycles. The fourth-order valence-electron chi connectivity index (χ4n) is 0.348. The van der Waals surface area contributed by atoms with Crippen LogP contribution < -0.4 is 29.2 Å². The summed E-state index contributed by atoms with van der Waals surface area (Å²) >= 11 is 1.08. The molecule has 0 saturated heterocycles. The first-order valence-corrected chi connectivity index (χ1v) is 8.62. The number of nitrogens with zero attached hydrogens (tertiary/aromatic N) is 1. The van der Waals surface area contributed by atoms with Crippen molar-refractivity contribution in [2.24, 2.45) is 7.05 Å². The average molecular weight is 313 g/mol. The summed E-state index contributed by atoms with van der Waals surface area (Å²) in [5.41, 5.74) is 5.42. The molecule has 0 aliphatic heterocycles. The standard InChI is InChI=1S/C4H6N2S.Cl2I/c1-6-2-3-7-4(6)5;1-3-2/h2-3,5H,1H3;/q;-1/p+1. The van der Waals surface area contributed by atoms with Crippen LogP contribution in [0.2, 0.25) is 0 Å². The molecule has 2 nitrogen and oxygen atoms in total. The van der Waals surface area contributed by atoms with Gasteiger partial charge in [0, 0.05) is 5.38 Å². The van der Waals surface area contributed by atoms with Gasteiger partial charge in [0.25, 0.3) is 0 Å². The van der Waals surface area contributed by atoms with E-state index in [4.69, 9.17) is 23.6 Å². The topological polar surface area (TPSA) is 29.9 Å². The SMILES string of the molecule is C[n+]1ccsc1N.Cl[I-]Cl. The van der Waals surface area contributed by atoms with Gasteiger partial charge in [0.1, 0.15) is 6.20 Å². The number of hydrogen-bond donors (Lipinski definition) is 1. The van der Waals surface area contributed by atoms with E-state index in [0.29, 0.717) is 0 Å². The van der Waals surface area contributed by atoms with Crippen LogP contribution in [0.4, 0.5) is 5.13 Å². The van der Waals surface area contributed by atoms with Crippen LogP contribution in [0.25, 0.3) is 0 Å². The van der Waals surface area contributed by atoms with Crippen molar-refractivity contribution in [2.75, 3.05) is 5.73 Å². The molecule has 0 unspecified atom stereocenters. The second-order valence-corrected chi connectivity index (χ2v) is 5.54. The van der Waals surface area contributed by atoms with Gasteiger partial charge < -0.3 is 0 Å². The van der Waals surface area contributed by atoms with E-state index in [9.17, 15) is 0 Å². The molecule has 0 bridgehead atoms. The Morgan fingerprint density at radius 2 is 2.20 bits per heavy atom. The van der Waals surface area contributed by atoms with E-state index < -0.39 is 18.9 Å². The van der Waals surface area contributed by atoms with Crippen molar-refractivity contribution in [1.82, 2.24) is 0 Å². The Kier molecular flexibility index (Phi) is 6.93. The Balaban J connectivity index is 0.000000236. The van der Waals surface area contributed by atoms with E-state index in [1.807, 2.05) is 23.2 Å². The summed E-state index contributed by atoms with van der Waals surface area (Å²) in [7, 11) is 11.7. The van der Waals surface area contributed by atoms with Crippen molar-refractivity contribution in [2.45, 2.75) is 0 Å². The fraction of sp³-hybridized carbons (Fsp3) is 0.250. The maximum atomic E-state index is 5.42. The number of nitrogen functional groups attached to an aromatic ring is 1. The van der Waals surface area contributed by atoms with Crippen molar-refractivity contribution < 1.29 is 23.5 Å². The molecule has 0 radical (unpaired) electrons. The van der Waals surface area contributed by atoms with Crippen molar-refractivity contribution in [1.29, 1.82) is 0 Å². The van der Waals surface area contributed by atoms with Gasteiger partial charge in [-0.2, -0.15) is 0 Å². The second kappa shape index (κ2) is 6.45. The fourth-order valence-corrected chi connectivity index (χ4v) is 0.958. The van der Waals surface area contributed by atoms with Gasteiger partial charge in [-0.25, -0.2) is 4.57 Å². The molecule has 2 N–H and O–H groups in total. The molecule has 1 aromatic rings. The Morgan fingerprint density at radius 1 is 1.70 bits per heavy atom. The van der Waals surface area contributed by atoms with Crippen LogP contribution >= 0.6 is 29.2 Å². The van der Waals surface area contributed by atoms with E-state index in [1.165, 1.54) is 0 Å². The second-order valence-electron chi connectivity index (χ2n) is 1.41. The van der Waals surface area contributed by atoms with Gasteiger partial charge in [-0.3, -0.25) is 5.73 Å². The van der Waals surface area contributed by atoms with Gasteiger partial charge in [0.05, 0.1) is 7.05 Å². The normalized spacial score (nSPS) is 8.70. The molecule has 0 atom stereocenters. The zero-order valence-electron chi connectivity index (χ0n) is 5.22. The van der Waals surface area contributed by atoms with Crippen LogP contribution in [0.3, 0.4) is 0 Å². The average Bonchev–Trinajstić information content (AvgIpc) is 2.19. The molecule has 0 aliphatic carbocycles. The third-order valence-electron chi connectivity index (χ3n) is 0.821. The van der Waals surface area contributed by atoms with E-state index >= 15 is 0 Å². The van der Waals surface area contributed by atoms with Crippen LogP contribution in [0.5, 0.6) is 0 Å². The molecule has 0 amide bonds. The molecule has 0 aromatic carbocycles. The summed E-state index contributed by atoms with van der Waals surface area (Å²) in [6.45, 7) is 0. The first-order valence-electron chi connectivity index (χ1n) is 2.28. The number of aryl methyl sites for hydroxylation is 1. The zero-order chi connectivity index (χ0) is 7.98. The Morgan fingerprint density at radius 3 is 2.30 bits per heavy atom. The molecule has 6 heteroatoms. The predicted octanol–water partition coefficient (Wildman–Crippen LogP) is -1.46. The Bertz CT molecular complexity index is 165. The zero-order valence-corrected chi connectivity index (χ0v) is 9.71. The monoisotopic (exact) mass is 312 g/mol. The molecule has 0 aliphatic rings. The summed E-state index contributed by atoms with van der Waals surface area (Å²) in [5.74, 6) is 0. The summed E-state index contributed by atoms with van der Waals surface area (Å²) in [4.78, 5) is 0. The quantitative estimate of drug-likeness (QED) is 0.460. The summed E-state index contributed by atoms with van der Waals surface area (Å²) in [6.07, 6.45) is 1.93. The third-order valence-corrected chi connectivity index (χ3v) is 1.61. The molecule has 0 fully saturated rings. The van der Waals surface area contributed by atoms with Crippen LogP contribution in [0.1, 0.15) is 0 Å². The minimum atomic E-state index is -0.466. The number of hydrogen-bond acceptors (Lipinski definition) is 2. The number of halogens is 3. The number of rotatable bonds is 0. The van der Waals surface area contributed by atoms with Gasteiger partial charge >= 0.3 is 41.9 Å². The summed E-state index contributed by atoms with van der Waals surface area (Å²) in [6, 6.07) is 0. The number of aromatic nitrogens is 1. The summed E-state index contributed by atoms with van der Waals surface area (Å²) in [5, 5.41) is 2.80. The molecule has 1 aromatic heterocycles. The van der Waals surface area contributed by atoms with Gasteiger partial charge in [0.2, 0.25) is 0 Å². The van der Waals surface area contributed by atoms with Crippen LogP contribution in [0.15, 0.2) is 11.6 Å². The first kappa shape index (κ1) is 10.7. The molecule has 60 valence electrons. The van der Waals surface area contributed by atoms with Gasteiger partial charge in [-0.1, -0.05) is 11.3 Å². The third kappa shape index (κ3) is 4.54. The van der Waals surface area contributed by atoms with Crippen molar-refractivity contribution >= 4 is 34.3 Å². The van der Waals surface area contributed by atoms with Gasteiger partial charge in [-0.15, -0.1) is 0 Å². The van der Waals surface area contributed by atoms with E-state index in [-0.39, 0.29) is 0 Å². The van der Waals surface area contributed by atoms with Crippen molar-refractivity contribution in [3.63, 3.8) is 0 Å². The Labute approximate surface area is 81.6 Å². The molecule has 1 heterocycles. The van der Waals surface area contributed by atoms with Crippen molar-refractivity contribution in [3.8, 4) is 0 Å². The van der Waals surface area contributed by atoms with Gasteiger partial charge in [0.15, 0.2) is 0 Å². The molecule has 1 rings (SSSR count). The molecular weight excluding hydrogens is 306 g/mol. The Hall–Kier alpha value is 0.740. The van der Waals surface area contributed by atoms with Crippen molar-refractivity contribution in [3.05, 3.63) is 11.6 Å². The maximum absolute atomic E-state index is 5.42. The summed E-state index contributed by atoms with van der Waals surface area (Å²) < 4.78 is 1.88. The van der Waals surface area contributed by atoms with Crippen LogP contribution in [-0.4, -0.2) is 0 Å². The number of anilines is 1. The molecule has 10 heavy (non-hydrogen) atoms. The first-order chi connectivity index (χ1) is 4.72. The molecule has 0 spiro atoms. The van der Waals surface area contributed by atoms with Gasteiger partial charge in [-0.05, 0) is 0 Å². The van der Waals surface area contributed by atoms with E-state index in [2.05, 4.69) is 0 Å². The van der Waals surface area contributed by atoms with E-state index in [0.717, 1.165) is 5.13 Å². The van der Waals surface area contributed by atoms with E-state index in [1.54, 1.807) is 11.3 Å². The number of thiazole rings is 1. The number of nitrogens with two attached hydrogens (primary N) is 1.